The van der Waals surface area contributed by atoms with Gasteiger partial charge in [0.1, 0.15) is 5.82 Å². The van der Waals surface area contributed by atoms with Gasteiger partial charge in [-0.2, -0.15) is 13.2 Å². The third-order valence-electron chi connectivity index (χ3n) is 4.51. The fraction of sp³-hybridized carbons (Fsp3) is 0.238. The van der Waals surface area contributed by atoms with Crippen LogP contribution in [0.4, 0.5) is 13.2 Å². The molecule has 0 radical (unpaired) electrons. The number of rotatable bonds is 5. The summed E-state index contributed by atoms with van der Waals surface area (Å²) in [5.74, 6) is 0.300. The number of nitrogens with zero attached hydrogens (tertiary/aromatic N) is 2. The van der Waals surface area contributed by atoms with E-state index >= 15 is 0 Å². The maximum atomic E-state index is 13.1. The van der Waals surface area contributed by atoms with Gasteiger partial charge in [0, 0.05) is 34.9 Å². The van der Waals surface area contributed by atoms with E-state index in [1.54, 1.807) is 31.2 Å². The van der Waals surface area contributed by atoms with E-state index in [9.17, 15) is 23.1 Å². The van der Waals surface area contributed by atoms with Crippen molar-refractivity contribution < 1.29 is 18.3 Å². The highest BCUT2D eigenvalue weighted by atomic mass is 35.5. The minimum absolute atomic E-state index is 0.101. The Hall–Kier alpha value is -2.64. The molecule has 4 nitrogen and oxygen atoms in total. The second-order valence-corrected chi connectivity index (χ2v) is 7.01. The van der Waals surface area contributed by atoms with Gasteiger partial charge in [-0.05, 0) is 36.8 Å². The molecular weight excluding hydrogens is 405 g/mol. The highest BCUT2D eigenvalue weighted by molar-refractivity contribution is 6.30. The molecule has 0 spiro atoms. The Balaban J connectivity index is 2.18. The molecule has 2 aromatic carbocycles. The molecule has 0 fully saturated rings. The molecule has 29 heavy (non-hydrogen) atoms. The standard InChI is InChI=1S/C21H18ClF3N2O2/c1-13-18(8-9-28)20(29)27(19(26-13)15-5-3-7-17(22)11-15)12-14-4-2-6-16(10-14)21(23,24)25/h2-7,10-11,28H,8-9,12H2,1H3. The third kappa shape index (κ3) is 4.68. The van der Waals surface area contributed by atoms with Crippen molar-refractivity contribution in [1.82, 2.24) is 9.55 Å². The van der Waals surface area contributed by atoms with Crippen LogP contribution in [0, 0.1) is 6.92 Å². The summed E-state index contributed by atoms with van der Waals surface area (Å²) in [5, 5.41) is 9.72. The second kappa shape index (κ2) is 8.39. The quantitative estimate of drug-likeness (QED) is 0.660. The van der Waals surface area contributed by atoms with E-state index < -0.39 is 17.3 Å². The lowest BCUT2D eigenvalue weighted by atomic mass is 10.1. The van der Waals surface area contributed by atoms with Crippen molar-refractivity contribution in [3.8, 4) is 11.4 Å². The monoisotopic (exact) mass is 422 g/mol. The minimum atomic E-state index is -4.48. The van der Waals surface area contributed by atoms with Gasteiger partial charge in [-0.25, -0.2) is 4.98 Å². The molecule has 0 unspecified atom stereocenters. The summed E-state index contributed by atoms with van der Waals surface area (Å²) in [5.41, 5.74) is 0.470. The fourth-order valence-corrected chi connectivity index (χ4v) is 3.31. The first-order valence-corrected chi connectivity index (χ1v) is 9.21. The van der Waals surface area contributed by atoms with Gasteiger partial charge in [-0.1, -0.05) is 35.9 Å². The summed E-state index contributed by atoms with van der Waals surface area (Å²) in [7, 11) is 0. The van der Waals surface area contributed by atoms with Crippen LogP contribution in [-0.2, 0) is 19.1 Å². The lowest BCUT2D eigenvalue weighted by Gasteiger charge is -2.17. The molecule has 0 aliphatic carbocycles. The minimum Gasteiger partial charge on any atom is -0.396 e. The Morgan fingerprint density at radius 1 is 1.14 bits per heavy atom. The van der Waals surface area contributed by atoms with E-state index in [0.717, 1.165) is 12.1 Å². The molecule has 0 bridgehead atoms. The summed E-state index contributed by atoms with van der Waals surface area (Å²) in [6.07, 6.45) is -4.37. The molecule has 1 heterocycles. The summed E-state index contributed by atoms with van der Waals surface area (Å²) < 4.78 is 40.5. The summed E-state index contributed by atoms with van der Waals surface area (Å²) >= 11 is 6.07. The Bertz CT molecular complexity index is 1090. The average Bonchev–Trinajstić information content (AvgIpc) is 2.67. The van der Waals surface area contributed by atoms with E-state index in [-0.39, 0.29) is 19.6 Å². The SMILES string of the molecule is Cc1nc(-c2cccc(Cl)c2)n(Cc2cccc(C(F)(F)F)c2)c(=O)c1CCO. The zero-order chi connectivity index (χ0) is 21.2. The van der Waals surface area contributed by atoms with Crippen molar-refractivity contribution in [3.05, 3.63) is 86.3 Å². The lowest BCUT2D eigenvalue weighted by molar-refractivity contribution is -0.137. The van der Waals surface area contributed by atoms with Crippen LogP contribution >= 0.6 is 11.6 Å². The molecule has 3 rings (SSSR count). The Morgan fingerprint density at radius 2 is 1.86 bits per heavy atom. The van der Waals surface area contributed by atoms with Crippen LogP contribution in [0.25, 0.3) is 11.4 Å². The van der Waals surface area contributed by atoms with Gasteiger partial charge < -0.3 is 5.11 Å². The van der Waals surface area contributed by atoms with E-state index in [1.807, 2.05) is 0 Å². The first kappa shape index (κ1) is 21.1. The largest absolute Gasteiger partial charge is 0.416 e. The number of alkyl halides is 3. The number of halogens is 4. The van der Waals surface area contributed by atoms with Gasteiger partial charge in [-0.3, -0.25) is 9.36 Å². The van der Waals surface area contributed by atoms with Gasteiger partial charge in [0.05, 0.1) is 12.1 Å². The molecule has 3 aromatic rings. The van der Waals surface area contributed by atoms with E-state index in [0.29, 0.717) is 33.2 Å². The zero-order valence-electron chi connectivity index (χ0n) is 15.5. The van der Waals surface area contributed by atoms with Gasteiger partial charge in [0.15, 0.2) is 0 Å². The maximum absolute atomic E-state index is 13.1. The van der Waals surface area contributed by atoms with Crippen LogP contribution < -0.4 is 5.56 Å². The molecule has 0 amide bonds. The fourth-order valence-electron chi connectivity index (χ4n) is 3.12. The molecular formula is C21H18ClF3N2O2. The molecule has 1 aromatic heterocycles. The number of aryl methyl sites for hydroxylation is 1. The highest BCUT2D eigenvalue weighted by Crippen LogP contribution is 2.30. The number of aliphatic hydroxyl groups excluding tert-OH is 1. The number of hydrogen-bond donors (Lipinski definition) is 1. The number of aromatic nitrogens is 2. The topological polar surface area (TPSA) is 55.1 Å². The zero-order valence-corrected chi connectivity index (χ0v) is 16.3. The van der Waals surface area contributed by atoms with E-state index in [1.165, 1.54) is 16.7 Å². The first-order valence-electron chi connectivity index (χ1n) is 8.84. The predicted octanol–water partition coefficient (Wildman–Crippen LogP) is 4.47. The molecule has 8 heteroatoms. The molecule has 152 valence electrons. The van der Waals surface area contributed by atoms with Gasteiger partial charge in [-0.15, -0.1) is 0 Å². The third-order valence-corrected chi connectivity index (χ3v) is 4.74. The van der Waals surface area contributed by atoms with Crippen LogP contribution in [-0.4, -0.2) is 21.3 Å². The van der Waals surface area contributed by atoms with Crippen LogP contribution in [0.15, 0.2) is 53.3 Å². The van der Waals surface area contributed by atoms with Gasteiger partial charge >= 0.3 is 6.18 Å². The number of aliphatic hydroxyl groups is 1. The molecule has 0 saturated heterocycles. The summed E-state index contributed by atoms with van der Waals surface area (Å²) in [6, 6.07) is 11.6. The first-order chi connectivity index (χ1) is 13.7. The number of benzene rings is 2. The normalized spacial score (nSPS) is 11.7. The Morgan fingerprint density at radius 3 is 2.52 bits per heavy atom. The molecule has 0 saturated carbocycles. The molecule has 0 aliphatic rings. The molecule has 0 aliphatic heterocycles. The van der Waals surface area contributed by atoms with Crippen molar-refractivity contribution in [1.29, 1.82) is 0 Å². The van der Waals surface area contributed by atoms with Crippen LogP contribution in [0.3, 0.4) is 0 Å². The molecule has 0 atom stereocenters. The second-order valence-electron chi connectivity index (χ2n) is 6.57. The average molecular weight is 423 g/mol. The van der Waals surface area contributed by atoms with Crippen molar-refractivity contribution in [3.63, 3.8) is 0 Å². The smallest absolute Gasteiger partial charge is 0.396 e. The Labute approximate surface area is 170 Å². The van der Waals surface area contributed by atoms with E-state index in [4.69, 9.17) is 11.6 Å². The van der Waals surface area contributed by atoms with Crippen LogP contribution in [0.2, 0.25) is 5.02 Å². The molecule has 1 N–H and O–H groups in total. The van der Waals surface area contributed by atoms with Gasteiger partial charge in [0.2, 0.25) is 0 Å². The van der Waals surface area contributed by atoms with Gasteiger partial charge in [0.25, 0.3) is 5.56 Å². The summed E-state index contributed by atoms with van der Waals surface area (Å²) in [6.45, 7) is 1.32. The van der Waals surface area contributed by atoms with Crippen molar-refractivity contribution in [2.45, 2.75) is 26.1 Å². The van der Waals surface area contributed by atoms with Crippen molar-refractivity contribution in [2.75, 3.05) is 6.61 Å². The number of hydrogen-bond acceptors (Lipinski definition) is 3. The van der Waals surface area contributed by atoms with Crippen molar-refractivity contribution in [2.24, 2.45) is 0 Å². The van der Waals surface area contributed by atoms with Crippen LogP contribution in [0.1, 0.15) is 22.4 Å². The van der Waals surface area contributed by atoms with Crippen molar-refractivity contribution >= 4 is 11.6 Å². The van der Waals surface area contributed by atoms with E-state index in [2.05, 4.69) is 4.98 Å². The Kier molecular flexibility index (Phi) is 6.10. The predicted molar refractivity (Wildman–Crippen MR) is 105 cm³/mol. The summed E-state index contributed by atoms with van der Waals surface area (Å²) in [4.78, 5) is 17.6. The highest BCUT2D eigenvalue weighted by Gasteiger charge is 2.30. The maximum Gasteiger partial charge on any atom is 0.416 e. The van der Waals surface area contributed by atoms with Crippen LogP contribution in [0.5, 0.6) is 0 Å². The lowest BCUT2D eigenvalue weighted by Crippen LogP contribution is -2.29.